The maximum atomic E-state index is 2.42. The van der Waals surface area contributed by atoms with E-state index in [9.17, 15) is 0 Å². The van der Waals surface area contributed by atoms with E-state index >= 15 is 0 Å². The number of rotatable bonds is 2. The van der Waals surface area contributed by atoms with Crippen LogP contribution in [0, 0.1) is 0 Å². The number of hydrogen-bond acceptors (Lipinski definition) is 1. The molecule has 1 heteroatoms. The highest BCUT2D eigenvalue weighted by atomic mass is 32.1. The molecule has 1 aromatic heterocycles. The lowest BCUT2D eigenvalue weighted by atomic mass is 9.90. The highest BCUT2D eigenvalue weighted by molar-refractivity contribution is 7.25. The van der Waals surface area contributed by atoms with Crippen LogP contribution in [0.2, 0.25) is 0 Å². The van der Waals surface area contributed by atoms with Crippen LogP contribution in [0.25, 0.3) is 85.5 Å². The summed E-state index contributed by atoms with van der Waals surface area (Å²) in [7, 11) is 0. The summed E-state index contributed by atoms with van der Waals surface area (Å²) in [6, 6.07) is 53.8. The van der Waals surface area contributed by atoms with Gasteiger partial charge in [-0.3, -0.25) is 0 Å². The molecule has 9 rings (SSSR count). The number of thiophene rings is 1. The third kappa shape index (κ3) is 3.46. The minimum absolute atomic E-state index is 1.27. The Bertz CT molecular complexity index is 2200. The lowest BCUT2D eigenvalue weighted by molar-refractivity contribution is 1.72. The van der Waals surface area contributed by atoms with E-state index in [-0.39, 0.29) is 0 Å². The van der Waals surface area contributed by atoms with Gasteiger partial charge >= 0.3 is 0 Å². The molecule has 0 bridgehead atoms. The maximum absolute atomic E-state index is 2.42. The SMILES string of the molecule is c1ccc2c(-c3ccc4sc5ccc(-c6c7ccccc7cc7ccccc67)cc5c4c3)c3ccccc3cc2c1. The number of benzene rings is 8. The van der Waals surface area contributed by atoms with Gasteiger partial charge in [0.2, 0.25) is 0 Å². The standard InChI is InChI=1S/C40H24S/c1-5-13-31-25(9-1)21-26-10-2-6-14-32(26)39(31)29-17-19-37-35(23-29)36-24-30(18-20-38(36)41-37)40-33-15-7-3-11-27(33)22-28-12-4-8-16-34(28)40/h1-24H. The second-order valence-electron chi connectivity index (χ2n) is 10.9. The zero-order valence-electron chi connectivity index (χ0n) is 22.3. The van der Waals surface area contributed by atoms with Gasteiger partial charge in [-0.15, -0.1) is 11.3 Å². The van der Waals surface area contributed by atoms with Crippen molar-refractivity contribution in [1.29, 1.82) is 0 Å². The lowest BCUT2D eigenvalue weighted by Crippen LogP contribution is -1.86. The molecule has 8 aromatic carbocycles. The Morgan fingerprint density at radius 3 is 1.00 bits per heavy atom. The van der Waals surface area contributed by atoms with Crippen molar-refractivity contribution in [3.05, 3.63) is 146 Å². The van der Waals surface area contributed by atoms with Gasteiger partial charge < -0.3 is 0 Å². The van der Waals surface area contributed by atoms with Crippen LogP contribution in [0.3, 0.4) is 0 Å². The molecule has 190 valence electrons. The Morgan fingerprint density at radius 2 is 0.634 bits per heavy atom. The zero-order chi connectivity index (χ0) is 26.9. The third-order valence-corrected chi connectivity index (χ3v) is 9.74. The van der Waals surface area contributed by atoms with Crippen molar-refractivity contribution in [3.63, 3.8) is 0 Å². The minimum Gasteiger partial charge on any atom is -0.135 e. The predicted octanol–water partition coefficient (Wildman–Crippen LogP) is 12.0. The highest BCUT2D eigenvalue weighted by Crippen LogP contribution is 2.43. The second-order valence-corrected chi connectivity index (χ2v) is 12.0. The van der Waals surface area contributed by atoms with Crippen molar-refractivity contribution in [2.24, 2.45) is 0 Å². The Balaban J connectivity index is 1.34. The zero-order valence-corrected chi connectivity index (χ0v) is 23.1. The van der Waals surface area contributed by atoms with Crippen LogP contribution in [-0.2, 0) is 0 Å². The van der Waals surface area contributed by atoms with E-state index in [1.807, 2.05) is 11.3 Å². The van der Waals surface area contributed by atoms with E-state index in [0.29, 0.717) is 0 Å². The molecule has 41 heavy (non-hydrogen) atoms. The molecule has 0 amide bonds. The van der Waals surface area contributed by atoms with Gasteiger partial charge in [-0.25, -0.2) is 0 Å². The second kappa shape index (κ2) is 8.76. The van der Waals surface area contributed by atoms with Crippen molar-refractivity contribution in [3.8, 4) is 22.3 Å². The van der Waals surface area contributed by atoms with E-state index in [2.05, 4.69) is 146 Å². The van der Waals surface area contributed by atoms with Crippen LogP contribution in [0.15, 0.2) is 146 Å². The van der Waals surface area contributed by atoms with Crippen molar-refractivity contribution >= 4 is 74.6 Å². The van der Waals surface area contributed by atoms with Gasteiger partial charge in [0.25, 0.3) is 0 Å². The Morgan fingerprint density at radius 1 is 0.293 bits per heavy atom. The maximum Gasteiger partial charge on any atom is 0.0355 e. The van der Waals surface area contributed by atoms with Crippen LogP contribution in [0.1, 0.15) is 0 Å². The molecule has 0 aliphatic carbocycles. The number of fused-ring (bicyclic) bond motifs is 7. The molecule has 0 unspecified atom stereocenters. The largest absolute Gasteiger partial charge is 0.135 e. The van der Waals surface area contributed by atoms with Gasteiger partial charge in [-0.2, -0.15) is 0 Å². The molecule has 0 fully saturated rings. The average molecular weight is 537 g/mol. The predicted molar refractivity (Wildman–Crippen MR) is 180 cm³/mol. The Hall–Kier alpha value is -4.98. The van der Waals surface area contributed by atoms with Gasteiger partial charge in [0.15, 0.2) is 0 Å². The fourth-order valence-corrected chi connectivity index (χ4v) is 7.80. The Labute approximate surface area is 241 Å². The summed E-state index contributed by atoms with van der Waals surface area (Å²) in [5.74, 6) is 0. The summed E-state index contributed by atoms with van der Waals surface area (Å²) in [5.41, 5.74) is 5.17. The van der Waals surface area contributed by atoms with Crippen LogP contribution in [0.5, 0.6) is 0 Å². The average Bonchev–Trinajstić information content (AvgIpc) is 3.39. The molecular weight excluding hydrogens is 513 g/mol. The van der Waals surface area contributed by atoms with Crippen molar-refractivity contribution < 1.29 is 0 Å². The molecule has 0 nitrogen and oxygen atoms in total. The molecule has 0 spiro atoms. The summed E-state index contributed by atoms with van der Waals surface area (Å²) >= 11 is 1.88. The molecule has 1 heterocycles. The smallest absolute Gasteiger partial charge is 0.0355 e. The molecule has 0 atom stereocenters. The fourth-order valence-electron chi connectivity index (χ4n) is 6.74. The van der Waals surface area contributed by atoms with Crippen LogP contribution < -0.4 is 0 Å². The van der Waals surface area contributed by atoms with Crippen molar-refractivity contribution in [2.45, 2.75) is 0 Å². The molecular formula is C40H24S. The molecule has 0 radical (unpaired) electrons. The van der Waals surface area contributed by atoms with E-state index < -0.39 is 0 Å². The van der Waals surface area contributed by atoms with Gasteiger partial charge in [0.05, 0.1) is 0 Å². The van der Waals surface area contributed by atoms with Crippen LogP contribution in [0.4, 0.5) is 0 Å². The van der Waals surface area contributed by atoms with Gasteiger partial charge in [0, 0.05) is 20.2 Å². The van der Waals surface area contributed by atoms with Crippen LogP contribution in [-0.4, -0.2) is 0 Å². The summed E-state index contributed by atoms with van der Waals surface area (Å²) in [6.45, 7) is 0. The first-order valence-corrected chi connectivity index (χ1v) is 14.9. The van der Waals surface area contributed by atoms with E-state index in [1.165, 1.54) is 85.5 Å². The van der Waals surface area contributed by atoms with E-state index in [4.69, 9.17) is 0 Å². The lowest BCUT2D eigenvalue weighted by Gasteiger charge is -2.13. The number of hydrogen-bond donors (Lipinski definition) is 0. The normalized spacial score (nSPS) is 11.9. The first-order valence-electron chi connectivity index (χ1n) is 14.1. The van der Waals surface area contributed by atoms with Gasteiger partial charge in [-0.05, 0) is 102 Å². The van der Waals surface area contributed by atoms with E-state index in [0.717, 1.165) is 0 Å². The molecule has 0 saturated heterocycles. The first-order chi connectivity index (χ1) is 20.3. The molecule has 0 saturated carbocycles. The molecule has 0 aliphatic rings. The summed E-state index contributed by atoms with van der Waals surface area (Å²) in [6.07, 6.45) is 0. The molecule has 0 N–H and O–H groups in total. The Kier molecular flexibility index (Phi) is 4.87. The summed E-state index contributed by atoms with van der Waals surface area (Å²) < 4.78 is 2.65. The van der Waals surface area contributed by atoms with E-state index in [1.54, 1.807) is 0 Å². The fraction of sp³-hybridized carbons (Fsp3) is 0. The molecule has 0 aliphatic heterocycles. The van der Waals surface area contributed by atoms with Gasteiger partial charge in [-0.1, -0.05) is 109 Å². The van der Waals surface area contributed by atoms with Crippen molar-refractivity contribution in [2.75, 3.05) is 0 Å². The minimum atomic E-state index is 1.27. The first kappa shape index (κ1) is 22.8. The molecule has 9 aromatic rings. The summed E-state index contributed by atoms with van der Waals surface area (Å²) in [5, 5.41) is 13.0. The summed E-state index contributed by atoms with van der Waals surface area (Å²) in [4.78, 5) is 0. The van der Waals surface area contributed by atoms with Crippen molar-refractivity contribution in [1.82, 2.24) is 0 Å². The van der Waals surface area contributed by atoms with Gasteiger partial charge in [0.1, 0.15) is 0 Å². The topological polar surface area (TPSA) is 0 Å². The van der Waals surface area contributed by atoms with Crippen LogP contribution >= 0.6 is 11.3 Å². The quantitative estimate of drug-likeness (QED) is 0.193. The highest BCUT2D eigenvalue weighted by Gasteiger charge is 2.15. The monoisotopic (exact) mass is 536 g/mol. The third-order valence-electron chi connectivity index (χ3n) is 8.59.